The van der Waals surface area contributed by atoms with Gasteiger partial charge in [0.2, 0.25) is 11.8 Å². The summed E-state index contributed by atoms with van der Waals surface area (Å²) >= 11 is 0. The van der Waals surface area contributed by atoms with Crippen LogP contribution in [0.25, 0.3) is 0 Å². The molecule has 0 spiro atoms. The van der Waals surface area contributed by atoms with E-state index in [-0.39, 0.29) is 42.1 Å². The quantitative estimate of drug-likeness (QED) is 0.332. The highest BCUT2D eigenvalue weighted by atomic mass is 16.5. The first-order valence-corrected chi connectivity index (χ1v) is 11.9. The van der Waals surface area contributed by atoms with E-state index in [1.54, 1.807) is 6.92 Å². The van der Waals surface area contributed by atoms with E-state index in [0.29, 0.717) is 25.3 Å². The minimum atomic E-state index is -0.826. The topological polar surface area (TPSA) is 138 Å². The second kappa shape index (κ2) is 11.5. The fraction of sp³-hybridized carbons (Fsp3) is 0.826. The van der Waals surface area contributed by atoms with Crippen molar-refractivity contribution in [3.05, 3.63) is 0 Å². The van der Waals surface area contributed by atoms with Gasteiger partial charge < -0.3 is 26.0 Å². The van der Waals surface area contributed by atoms with Crippen molar-refractivity contribution in [3.63, 3.8) is 0 Å². The summed E-state index contributed by atoms with van der Waals surface area (Å²) in [6.45, 7) is 8.65. The fourth-order valence-corrected chi connectivity index (χ4v) is 4.64. The maximum Gasteiger partial charge on any atom is 0.407 e. The molecule has 2 fully saturated rings. The van der Waals surface area contributed by atoms with Crippen LogP contribution in [0, 0.1) is 22.7 Å². The van der Waals surface area contributed by atoms with Gasteiger partial charge in [0.15, 0.2) is 0 Å². The Balaban J connectivity index is 2.14. The highest BCUT2D eigenvalue weighted by molar-refractivity contribution is 5.93. The molecule has 0 aromatic rings. The summed E-state index contributed by atoms with van der Waals surface area (Å²) in [7, 11) is 0. The molecule has 2 rings (SSSR count). The van der Waals surface area contributed by atoms with Crippen LogP contribution in [0.1, 0.15) is 72.6 Å². The average molecular weight is 452 g/mol. The number of hydrogen-bond donors (Lipinski definition) is 4. The van der Waals surface area contributed by atoms with Crippen molar-refractivity contribution in [1.82, 2.24) is 15.5 Å². The summed E-state index contributed by atoms with van der Waals surface area (Å²) in [6.07, 6.45) is 5.90. The molecular weight excluding hydrogens is 410 g/mol. The molecule has 1 saturated carbocycles. The molecule has 32 heavy (non-hydrogen) atoms. The van der Waals surface area contributed by atoms with Crippen LogP contribution in [-0.4, -0.2) is 60.4 Å². The Morgan fingerprint density at radius 3 is 2.41 bits per heavy atom. The third-order valence-electron chi connectivity index (χ3n) is 6.30. The lowest BCUT2D eigenvalue weighted by molar-refractivity contribution is -0.140. The molecule has 0 unspecified atom stereocenters. The van der Waals surface area contributed by atoms with Gasteiger partial charge >= 0.3 is 6.09 Å². The molecule has 1 aliphatic carbocycles. The number of nitrogens with one attached hydrogen (secondary N) is 3. The molecule has 3 amide bonds. The molecule has 182 valence electrons. The molecule has 0 radical (unpaired) electrons. The van der Waals surface area contributed by atoms with Gasteiger partial charge in [-0.3, -0.25) is 15.0 Å². The van der Waals surface area contributed by atoms with E-state index in [1.165, 1.54) is 24.2 Å². The van der Waals surface area contributed by atoms with Crippen molar-refractivity contribution in [1.29, 1.82) is 5.41 Å². The standard InChI is InChI=1S/C23H41N5O4/c1-5-32-22(31)27-17(12-23(2,3)4)21(30)28-14-16(19(24)25)11-18(28)20(29)26-13-15-9-7-6-8-10-15/h15-18H,5-14H2,1-4H3,(H3,24,25)(H,26,29)(H,27,31)/t16-,17-,18+/m1/s1. The molecule has 0 bridgehead atoms. The van der Waals surface area contributed by atoms with E-state index in [9.17, 15) is 14.4 Å². The molecule has 1 saturated heterocycles. The van der Waals surface area contributed by atoms with Crippen LogP contribution >= 0.6 is 0 Å². The lowest BCUT2D eigenvalue weighted by atomic mass is 9.87. The summed E-state index contributed by atoms with van der Waals surface area (Å²) in [5.41, 5.74) is 5.50. The van der Waals surface area contributed by atoms with Gasteiger partial charge in [-0.25, -0.2) is 4.79 Å². The Morgan fingerprint density at radius 1 is 1.19 bits per heavy atom. The van der Waals surface area contributed by atoms with E-state index >= 15 is 0 Å². The van der Waals surface area contributed by atoms with Crippen LogP contribution in [0.3, 0.4) is 0 Å². The van der Waals surface area contributed by atoms with E-state index in [0.717, 1.165) is 12.8 Å². The van der Waals surface area contributed by atoms with E-state index in [4.69, 9.17) is 15.9 Å². The smallest absolute Gasteiger partial charge is 0.407 e. The Hall–Kier alpha value is -2.32. The van der Waals surface area contributed by atoms with E-state index in [2.05, 4.69) is 10.6 Å². The second-order valence-corrected chi connectivity index (χ2v) is 10.3. The summed E-state index contributed by atoms with van der Waals surface area (Å²) in [5.74, 6) is -0.479. The van der Waals surface area contributed by atoms with Crippen LogP contribution < -0.4 is 16.4 Å². The molecule has 9 heteroatoms. The largest absolute Gasteiger partial charge is 0.450 e. The van der Waals surface area contributed by atoms with Crippen molar-refractivity contribution in [2.24, 2.45) is 23.0 Å². The number of alkyl carbamates (subject to hydrolysis) is 1. The molecule has 1 aliphatic heterocycles. The summed E-state index contributed by atoms with van der Waals surface area (Å²) in [5, 5.41) is 13.6. The normalized spacial score (nSPS) is 22.8. The van der Waals surface area contributed by atoms with Crippen LogP contribution in [0.2, 0.25) is 0 Å². The van der Waals surface area contributed by atoms with Gasteiger partial charge in [0.1, 0.15) is 12.1 Å². The van der Waals surface area contributed by atoms with Crippen LogP contribution in [0.4, 0.5) is 4.79 Å². The number of amides is 3. The zero-order valence-corrected chi connectivity index (χ0v) is 20.0. The molecule has 0 aromatic carbocycles. The molecule has 5 N–H and O–H groups in total. The monoisotopic (exact) mass is 451 g/mol. The Labute approximate surface area is 191 Å². The molecule has 2 aliphatic rings. The number of carbonyl (C=O) groups excluding carboxylic acids is 3. The Kier molecular flexibility index (Phi) is 9.33. The van der Waals surface area contributed by atoms with Crippen molar-refractivity contribution < 1.29 is 19.1 Å². The first-order chi connectivity index (χ1) is 15.0. The maximum absolute atomic E-state index is 13.5. The van der Waals surface area contributed by atoms with Crippen LogP contribution in [0.15, 0.2) is 0 Å². The predicted molar refractivity (Wildman–Crippen MR) is 123 cm³/mol. The predicted octanol–water partition coefficient (Wildman–Crippen LogP) is 2.39. The second-order valence-electron chi connectivity index (χ2n) is 10.3. The number of likely N-dealkylation sites (tertiary alicyclic amines) is 1. The molecule has 1 heterocycles. The van der Waals surface area contributed by atoms with Crippen LogP contribution in [-0.2, 0) is 14.3 Å². The Morgan fingerprint density at radius 2 is 1.84 bits per heavy atom. The number of amidine groups is 1. The van der Waals surface area contributed by atoms with Gasteiger partial charge in [-0.2, -0.15) is 0 Å². The van der Waals surface area contributed by atoms with Gasteiger partial charge in [-0.05, 0) is 43.9 Å². The zero-order valence-electron chi connectivity index (χ0n) is 20.0. The molecule has 0 aromatic heterocycles. The van der Waals surface area contributed by atoms with E-state index in [1.807, 2.05) is 20.8 Å². The van der Waals surface area contributed by atoms with Gasteiger partial charge in [0.05, 0.1) is 12.4 Å². The summed E-state index contributed by atoms with van der Waals surface area (Å²) in [6, 6.07) is -1.53. The van der Waals surface area contributed by atoms with Crippen molar-refractivity contribution in [2.75, 3.05) is 19.7 Å². The van der Waals surface area contributed by atoms with Crippen LogP contribution in [0.5, 0.6) is 0 Å². The third kappa shape index (κ3) is 7.67. The van der Waals surface area contributed by atoms with E-state index < -0.39 is 18.2 Å². The Bertz CT molecular complexity index is 684. The number of ether oxygens (including phenoxy) is 1. The highest BCUT2D eigenvalue weighted by Gasteiger charge is 2.43. The number of nitrogens with zero attached hydrogens (tertiary/aromatic N) is 1. The zero-order chi connectivity index (χ0) is 23.9. The maximum atomic E-state index is 13.5. The van der Waals surface area contributed by atoms with Crippen molar-refractivity contribution in [2.45, 2.75) is 84.7 Å². The van der Waals surface area contributed by atoms with Gasteiger partial charge in [0.25, 0.3) is 0 Å². The summed E-state index contributed by atoms with van der Waals surface area (Å²) < 4.78 is 4.98. The molecular formula is C23H41N5O4. The van der Waals surface area contributed by atoms with Crippen molar-refractivity contribution >= 4 is 23.7 Å². The first kappa shape index (κ1) is 25.9. The third-order valence-corrected chi connectivity index (χ3v) is 6.30. The number of nitrogens with two attached hydrogens (primary N) is 1. The lowest BCUT2D eigenvalue weighted by Gasteiger charge is -2.32. The first-order valence-electron chi connectivity index (χ1n) is 11.9. The fourth-order valence-electron chi connectivity index (χ4n) is 4.64. The minimum Gasteiger partial charge on any atom is -0.450 e. The number of carbonyl (C=O) groups is 3. The average Bonchev–Trinajstić information content (AvgIpc) is 3.17. The van der Waals surface area contributed by atoms with Gasteiger partial charge in [0, 0.05) is 19.0 Å². The lowest BCUT2D eigenvalue weighted by Crippen LogP contribution is -2.54. The minimum absolute atomic E-state index is 0.0314. The number of hydrogen-bond acceptors (Lipinski definition) is 5. The van der Waals surface area contributed by atoms with Gasteiger partial charge in [-0.15, -0.1) is 0 Å². The highest BCUT2D eigenvalue weighted by Crippen LogP contribution is 2.28. The summed E-state index contributed by atoms with van der Waals surface area (Å²) in [4.78, 5) is 40.2. The SMILES string of the molecule is CCOC(=O)N[C@H](CC(C)(C)C)C(=O)N1C[C@H](C(=N)N)C[C@H]1C(=O)NCC1CCCCC1. The molecule has 3 atom stereocenters. The van der Waals surface area contributed by atoms with Gasteiger partial charge in [-0.1, -0.05) is 40.0 Å². The molecule has 9 nitrogen and oxygen atoms in total. The number of rotatable bonds is 8. The van der Waals surface area contributed by atoms with Crippen molar-refractivity contribution in [3.8, 4) is 0 Å².